The van der Waals surface area contributed by atoms with Crippen molar-refractivity contribution in [3.05, 3.63) is 35.9 Å². The van der Waals surface area contributed by atoms with Crippen LogP contribution in [0.25, 0.3) is 0 Å². The van der Waals surface area contributed by atoms with E-state index in [1.807, 2.05) is 30.3 Å². The third-order valence-electron chi connectivity index (χ3n) is 3.40. The Hall–Kier alpha value is -1.79. The van der Waals surface area contributed by atoms with Gasteiger partial charge in [0.2, 0.25) is 0 Å². The molecule has 2 rings (SSSR count). The van der Waals surface area contributed by atoms with Crippen LogP contribution in [-0.4, -0.2) is 23.7 Å². The van der Waals surface area contributed by atoms with E-state index in [9.17, 15) is 9.90 Å². The van der Waals surface area contributed by atoms with Gasteiger partial charge in [0, 0.05) is 18.0 Å². The minimum atomic E-state index is -0.246. The van der Waals surface area contributed by atoms with Gasteiger partial charge in [0.1, 0.15) is 0 Å². The van der Waals surface area contributed by atoms with Crippen molar-refractivity contribution >= 4 is 5.91 Å². The first-order chi connectivity index (χ1) is 9.24. The highest BCUT2D eigenvalue weighted by molar-refractivity contribution is 5.94. The van der Waals surface area contributed by atoms with E-state index in [0.29, 0.717) is 12.5 Å². The third-order valence-corrected chi connectivity index (χ3v) is 3.40. The number of aliphatic hydroxyl groups is 1. The largest absolute Gasteiger partial charge is 0.393 e. The highest BCUT2D eigenvalue weighted by atomic mass is 16.3. The van der Waals surface area contributed by atoms with Crippen LogP contribution < -0.4 is 5.32 Å². The summed E-state index contributed by atoms with van der Waals surface area (Å²) in [5, 5.41) is 12.4. The summed E-state index contributed by atoms with van der Waals surface area (Å²) in [7, 11) is 0. The van der Waals surface area contributed by atoms with Gasteiger partial charge in [-0.15, -0.1) is 0 Å². The van der Waals surface area contributed by atoms with Crippen LogP contribution in [0.4, 0.5) is 0 Å². The van der Waals surface area contributed by atoms with Crippen molar-refractivity contribution in [3.63, 3.8) is 0 Å². The predicted molar refractivity (Wildman–Crippen MR) is 74.3 cm³/mol. The Bertz CT molecular complexity index is 473. The molecule has 1 aliphatic rings. The lowest BCUT2D eigenvalue weighted by molar-refractivity contribution is -0.116. The Morgan fingerprint density at radius 1 is 1.32 bits per heavy atom. The molecule has 1 aromatic rings. The number of carbonyl (C=O) groups is 1. The quantitative estimate of drug-likeness (QED) is 0.792. The van der Waals surface area contributed by atoms with Crippen LogP contribution in [0.1, 0.15) is 31.2 Å². The second kappa shape index (κ2) is 6.96. The standard InChI is InChI=1S/C16H19NO2/c18-15-8-4-7-14(11-15)12-17-16(19)10-9-13-5-2-1-3-6-13/h1-3,5-6,14-15,18H,4,7-8,11-12H2,(H,17,19). The number of aliphatic hydroxyl groups excluding tert-OH is 1. The third kappa shape index (κ3) is 4.76. The van der Waals surface area contributed by atoms with E-state index in [1.54, 1.807) is 0 Å². The summed E-state index contributed by atoms with van der Waals surface area (Å²) in [6.07, 6.45) is 3.58. The maximum Gasteiger partial charge on any atom is 0.296 e. The highest BCUT2D eigenvalue weighted by Crippen LogP contribution is 2.23. The topological polar surface area (TPSA) is 49.3 Å². The molecule has 1 aliphatic carbocycles. The lowest BCUT2D eigenvalue weighted by atomic mass is 9.87. The molecule has 0 aromatic heterocycles. The SMILES string of the molecule is O=C(C#Cc1ccccc1)NCC1CCCC(O)C1. The molecule has 3 heteroatoms. The highest BCUT2D eigenvalue weighted by Gasteiger charge is 2.20. The zero-order valence-electron chi connectivity index (χ0n) is 10.9. The first-order valence-electron chi connectivity index (χ1n) is 6.77. The number of nitrogens with one attached hydrogen (secondary N) is 1. The van der Waals surface area contributed by atoms with Crippen LogP contribution in [0.2, 0.25) is 0 Å². The van der Waals surface area contributed by atoms with Gasteiger partial charge >= 0.3 is 0 Å². The normalized spacial score (nSPS) is 22.2. The molecule has 0 aliphatic heterocycles. The smallest absolute Gasteiger partial charge is 0.296 e. The Morgan fingerprint density at radius 2 is 2.11 bits per heavy atom. The van der Waals surface area contributed by atoms with Gasteiger partial charge in [-0.05, 0) is 37.3 Å². The minimum absolute atomic E-state index is 0.203. The molecule has 1 fully saturated rings. The molecule has 0 heterocycles. The lowest BCUT2D eigenvalue weighted by Gasteiger charge is -2.25. The van der Waals surface area contributed by atoms with Crippen molar-refractivity contribution in [2.24, 2.45) is 5.92 Å². The van der Waals surface area contributed by atoms with Crippen LogP contribution in [0, 0.1) is 17.8 Å². The van der Waals surface area contributed by atoms with Crippen molar-refractivity contribution in [2.45, 2.75) is 31.8 Å². The van der Waals surface area contributed by atoms with Gasteiger partial charge in [-0.2, -0.15) is 0 Å². The molecule has 2 unspecified atom stereocenters. The van der Waals surface area contributed by atoms with Gasteiger partial charge in [-0.1, -0.05) is 30.5 Å². The van der Waals surface area contributed by atoms with Crippen molar-refractivity contribution in [2.75, 3.05) is 6.54 Å². The van der Waals surface area contributed by atoms with Gasteiger partial charge < -0.3 is 10.4 Å². The fourth-order valence-electron chi connectivity index (χ4n) is 2.38. The molecule has 0 radical (unpaired) electrons. The van der Waals surface area contributed by atoms with E-state index in [-0.39, 0.29) is 12.0 Å². The average Bonchev–Trinajstić information content (AvgIpc) is 2.44. The molecule has 19 heavy (non-hydrogen) atoms. The molecule has 3 nitrogen and oxygen atoms in total. The second-order valence-corrected chi connectivity index (χ2v) is 5.01. The van der Waals surface area contributed by atoms with Crippen LogP contribution in [0.3, 0.4) is 0 Å². The summed E-state index contributed by atoms with van der Waals surface area (Å²) in [5.41, 5.74) is 0.839. The van der Waals surface area contributed by atoms with Gasteiger partial charge in [0.05, 0.1) is 6.10 Å². The number of carbonyl (C=O) groups excluding carboxylic acids is 1. The summed E-state index contributed by atoms with van der Waals surface area (Å²) < 4.78 is 0. The van der Waals surface area contributed by atoms with Gasteiger partial charge in [-0.3, -0.25) is 4.79 Å². The van der Waals surface area contributed by atoms with Crippen LogP contribution in [0.15, 0.2) is 30.3 Å². The minimum Gasteiger partial charge on any atom is -0.393 e. The Morgan fingerprint density at radius 3 is 2.84 bits per heavy atom. The Labute approximate surface area is 114 Å². The van der Waals surface area contributed by atoms with Crippen molar-refractivity contribution in [1.29, 1.82) is 0 Å². The second-order valence-electron chi connectivity index (χ2n) is 5.01. The predicted octanol–water partition coefficient (Wildman–Crippen LogP) is 1.71. The van der Waals surface area contributed by atoms with Crippen LogP contribution in [0.5, 0.6) is 0 Å². The maximum absolute atomic E-state index is 11.6. The van der Waals surface area contributed by atoms with Crippen molar-refractivity contribution < 1.29 is 9.90 Å². The molecular weight excluding hydrogens is 238 g/mol. The van der Waals surface area contributed by atoms with E-state index in [4.69, 9.17) is 0 Å². The molecule has 1 amide bonds. The summed E-state index contributed by atoms with van der Waals surface area (Å²) in [6, 6.07) is 9.45. The van der Waals surface area contributed by atoms with Gasteiger partial charge in [-0.25, -0.2) is 0 Å². The van der Waals surface area contributed by atoms with E-state index < -0.39 is 0 Å². The molecule has 0 spiro atoms. The molecule has 100 valence electrons. The molecular formula is C16H19NO2. The maximum atomic E-state index is 11.6. The zero-order valence-corrected chi connectivity index (χ0v) is 10.9. The molecule has 2 atom stereocenters. The number of amides is 1. The molecule has 0 bridgehead atoms. The monoisotopic (exact) mass is 257 g/mol. The summed E-state index contributed by atoms with van der Waals surface area (Å²) >= 11 is 0. The Balaban J connectivity index is 1.77. The molecule has 1 aromatic carbocycles. The Kier molecular flexibility index (Phi) is 5.00. The molecule has 2 N–H and O–H groups in total. The molecule has 1 saturated carbocycles. The number of hydrogen-bond donors (Lipinski definition) is 2. The summed E-state index contributed by atoms with van der Waals surface area (Å²) in [5.74, 6) is 5.55. The number of hydrogen-bond acceptors (Lipinski definition) is 2. The first kappa shape index (κ1) is 13.6. The molecule has 0 saturated heterocycles. The fraction of sp³-hybridized carbons (Fsp3) is 0.438. The fourth-order valence-corrected chi connectivity index (χ4v) is 2.38. The lowest BCUT2D eigenvalue weighted by Crippen LogP contribution is -2.32. The van der Waals surface area contributed by atoms with E-state index >= 15 is 0 Å². The first-order valence-corrected chi connectivity index (χ1v) is 6.77. The average molecular weight is 257 g/mol. The van der Waals surface area contributed by atoms with Crippen LogP contribution in [-0.2, 0) is 4.79 Å². The van der Waals surface area contributed by atoms with Gasteiger partial charge in [0.15, 0.2) is 0 Å². The van der Waals surface area contributed by atoms with Crippen LogP contribution >= 0.6 is 0 Å². The van der Waals surface area contributed by atoms with Crippen molar-refractivity contribution in [3.8, 4) is 11.8 Å². The van der Waals surface area contributed by atoms with E-state index in [1.165, 1.54) is 0 Å². The van der Waals surface area contributed by atoms with Crippen molar-refractivity contribution in [1.82, 2.24) is 5.32 Å². The van der Waals surface area contributed by atoms with E-state index in [2.05, 4.69) is 17.2 Å². The summed E-state index contributed by atoms with van der Waals surface area (Å²) in [6.45, 7) is 0.610. The number of benzene rings is 1. The number of rotatable bonds is 2. The zero-order chi connectivity index (χ0) is 13.5. The van der Waals surface area contributed by atoms with E-state index in [0.717, 1.165) is 31.2 Å². The van der Waals surface area contributed by atoms with Gasteiger partial charge in [0.25, 0.3) is 5.91 Å². The summed E-state index contributed by atoms with van der Waals surface area (Å²) in [4.78, 5) is 11.6.